The smallest absolute Gasteiger partial charge is 0.151 e. The molecule has 2 nitrogen and oxygen atoms in total. The maximum Gasteiger partial charge on any atom is 0.151 e. The molecular weight excluding hydrogens is 244 g/mol. The quantitative estimate of drug-likeness (QED) is 0.775. The molecule has 1 fully saturated rings. The Morgan fingerprint density at radius 3 is 2.81 bits per heavy atom. The molecule has 1 aliphatic heterocycles. The molecule has 1 aromatic rings. The van der Waals surface area contributed by atoms with Gasteiger partial charge in [-0.2, -0.15) is 0 Å². The van der Waals surface area contributed by atoms with Crippen molar-refractivity contribution in [2.75, 3.05) is 13.2 Å². The van der Waals surface area contributed by atoms with E-state index in [2.05, 4.69) is 0 Å². The van der Waals surface area contributed by atoms with Crippen LogP contribution in [0, 0.1) is 0 Å². The van der Waals surface area contributed by atoms with E-state index >= 15 is 0 Å². The summed E-state index contributed by atoms with van der Waals surface area (Å²) in [7, 11) is 0. The standard InChI is InChI=1S/C12H13ClO2S/c13-10-1-2-12(9(7-10)8-14)16-11-3-5-15-6-4-11/h1-2,7-8,11H,3-6H2. The molecule has 0 saturated carbocycles. The van der Waals surface area contributed by atoms with E-state index in [1.165, 1.54) is 0 Å². The summed E-state index contributed by atoms with van der Waals surface area (Å²) in [5.41, 5.74) is 0.684. The summed E-state index contributed by atoms with van der Waals surface area (Å²) in [6.07, 6.45) is 2.96. The predicted octanol–water partition coefficient (Wildman–Crippen LogP) is 3.42. The van der Waals surface area contributed by atoms with E-state index in [1.54, 1.807) is 17.8 Å². The molecule has 0 aromatic heterocycles. The van der Waals surface area contributed by atoms with Crippen molar-refractivity contribution < 1.29 is 9.53 Å². The van der Waals surface area contributed by atoms with Crippen molar-refractivity contribution in [3.05, 3.63) is 28.8 Å². The summed E-state index contributed by atoms with van der Waals surface area (Å²) in [5.74, 6) is 0. The number of aldehydes is 1. The minimum Gasteiger partial charge on any atom is -0.381 e. The molecule has 4 heteroatoms. The number of ether oxygens (including phenoxy) is 1. The fourth-order valence-electron chi connectivity index (χ4n) is 1.69. The number of benzene rings is 1. The van der Waals surface area contributed by atoms with Gasteiger partial charge in [-0.15, -0.1) is 11.8 Å². The Morgan fingerprint density at radius 2 is 2.12 bits per heavy atom. The van der Waals surface area contributed by atoms with E-state index < -0.39 is 0 Å². The molecule has 1 aliphatic rings. The second-order valence-corrected chi connectivity index (χ2v) is 5.51. The van der Waals surface area contributed by atoms with E-state index in [9.17, 15) is 4.79 Å². The SMILES string of the molecule is O=Cc1cc(Cl)ccc1SC1CCOCC1. The third-order valence-corrected chi connectivity index (χ3v) is 4.23. The first-order valence-electron chi connectivity index (χ1n) is 5.29. The Morgan fingerprint density at radius 1 is 1.38 bits per heavy atom. The van der Waals surface area contributed by atoms with Gasteiger partial charge in [-0.25, -0.2) is 0 Å². The van der Waals surface area contributed by atoms with Crippen LogP contribution in [0.25, 0.3) is 0 Å². The molecule has 86 valence electrons. The normalized spacial score (nSPS) is 17.3. The van der Waals surface area contributed by atoms with Crippen LogP contribution in [0.1, 0.15) is 23.2 Å². The topological polar surface area (TPSA) is 26.3 Å². The van der Waals surface area contributed by atoms with Crippen LogP contribution in [0.4, 0.5) is 0 Å². The van der Waals surface area contributed by atoms with Crippen molar-refractivity contribution in [2.45, 2.75) is 23.0 Å². The number of carbonyl (C=O) groups is 1. The monoisotopic (exact) mass is 256 g/mol. The summed E-state index contributed by atoms with van der Waals surface area (Å²) < 4.78 is 5.31. The fourth-order valence-corrected chi connectivity index (χ4v) is 3.05. The molecule has 0 radical (unpaired) electrons. The Bertz CT molecular complexity index is 375. The first-order chi connectivity index (χ1) is 7.79. The van der Waals surface area contributed by atoms with E-state index in [4.69, 9.17) is 16.3 Å². The Kier molecular flexibility index (Phi) is 4.27. The third-order valence-electron chi connectivity index (χ3n) is 2.56. The average molecular weight is 257 g/mol. The van der Waals surface area contributed by atoms with Crippen molar-refractivity contribution in [3.63, 3.8) is 0 Å². The second-order valence-electron chi connectivity index (χ2n) is 3.73. The molecule has 2 rings (SSSR count). The number of halogens is 1. The maximum absolute atomic E-state index is 10.9. The van der Waals surface area contributed by atoms with Crippen LogP contribution in [0.2, 0.25) is 5.02 Å². The van der Waals surface area contributed by atoms with Crippen LogP contribution < -0.4 is 0 Å². The highest BCUT2D eigenvalue weighted by Crippen LogP contribution is 2.32. The highest BCUT2D eigenvalue weighted by molar-refractivity contribution is 8.00. The van der Waals surface area contributed by atoms with Crippen LogP contribution in [-0.2, 0) is 4.74 Å². The summed E-state index contributed by atoms with van der Waals surface area (Å²) in [4.78, 5) is 11.9. The molecule has 0 bridgehead atoms. The second kappa shape index (κ2) is 5.71. The maximum atomic E-state index is 10.9. The lowest BCUT2D eigenvalue weighted by atomic mass is 10.2. The van der Waals surface area contributed by atoms with Gasteiger partial charge in [-0.1, -0.05) is 11.6 Å². The Labute approximate surface area is 104 Å². The zero-order valence-electron chi connectivity index (χ0n) is 8.82. The zero-order valence-corrected chi connectivity index (χ0v) is 10.4. The number of hydrogen-bond acceptors (Lipinski definition) is 3. The molecule has 1 heterocycles. The number of rotatable bonds is 3. The number of carbonyl (C=O) groups excluding carboxylic acids is 1. The molecule has 0 atom stereocenters. The van der Waals surface area contributed by atoms with Gasteiger partial charge >= 0.3 is 0 Å². The van der Waals surface area contributed by atoms with Gasteiger partial charge in [0.25, 0.3) is 0 Å². The molecule has 16 heavy (non-hydrogen) atoms. The van der Waals surface area contributed by atoms with E-state index in [0.717, 1.165) is 37.2 Å². The average Bonchev–Trinajstić information content (AvgIpc) is 2.33. The predicted molar refractivity (Wildman–Crippen MR) is 66.5 cm³/mol. The molecule has 0 spiro atoms. The van der Waals surface area contributed by atoms with Crippen molar-refractivity contribution >= 4 is 29.6 Å². The number of hydrogen-bond donors (Lipinski definition) is 0. The van der Waals surface area contributed by atoms with Crippen LogP contribution in [0.5, 0.6) is 0 Å². The fraction of sp³-hybridized carbons (Fsp3) is 0.417. The zero-order chi connectivity index (χ0) is 11.4. The van der Waals surface area contributed by atoms with Gasteiger partial charge < -0.3 is 4.74 Å². The lowest BCUT2D eigenvalue weighted by molar-refractivity contribution is 0.100. The first kappa shape index (κ1) is 12.0. The van der Waals surface area contributed by atoms with Gasteiger partial charge in [0.15, 0.2) is 6.29 Å². The van der Waals surface area contributed by atoms with Crippen LogP contribution in [0.3, 0.4) is 0 Å². The van der Waals surface area contributed by atoms with Crippen LogP contribution in [0.15, 0.2) is 23.1 Å². The highest BCUT2D eigenvalue weighted by atomic mass is 35.5. The van der Waals surface area contributed by atoms with Crippen molar-refractivity contribution in [3.8, 4) is 0 Å². The third kappa shape index (κ3) is 3.00. The van der Waals surface area contributed by atoms with Crippen molar-refractivity contribution in [1.29, 1.82) is 0 Å². The lowest BCUT2D eigenvalue weighted by Gasteiger charge is -2.21. The minimum atomic E-state index is 0.550. The summed E-state index contributed by atoms with van der Waals surface area (Å²) in [6.45, 7) is 1.64. The van der Waals surface area contributed by atoms with Crippen molar-refractivity contribution in [1.82, 2.24) is 0 Å². The molecule has 0 amide bonds. The van der Waals surface area contributed by atoms with E-state index in [-0.39, 0.29) is 0 Å². The Hall–Kier alpha value is -0.510. The molecule has 0 aliphatic carbocycles. The van der Waals surface area contributed by atoms with Gasteiger partial charge in [0.1, 0.15) is 0 Å². The van der Waals surface area contributed by atoms with Crippen LogP contribution >= 0.6 is 23.4 Å². The molecule has 1 saturated heterocycles. The minimum absolute atomic E-state index is 0.550. The van der Waals surface area contributed by atoms with Gasteiger partial charge in [-0.05, 0) is 31.0 Å². The molecule has 1 aromatic carbocycles. The van der Waals surface area contributed by atoms with Gasteiger partial charge in [0.2, 0.25) is 0 Å². The van der Waals surface area contributed by atoms with Gasteiger partial charge in [-0.3, -0.25) is 4.79 Å². The lowest BCUT2D eigenvalue weighted by Crippen LogP contribution is -2.17. The van der Waals surface area contributed by atoms with Gasteiger partial charge in [0, 0.05) is 33.9 Å². The largest absolute Gasteiger partial charge is 0.381 e. The summed E-state index contributed by atoms with van der Waals surface area (Å²) in [5, 5.41) is 1.16. The molecule has 0 unspecified atom stereocenters. The van der Waals surface area contributed by atoms with E-state index in [0.29, 0.717) is 15.8 Å². The molecule has 0 N–H and O–H groups in total. The van der Waals surface area contributed by atoms with Crippen LogP contribution in [-0.4, -0.2) is 24.7 Å². The number of thioether (sulfide) groups is 1. The van der Waals surface area contributed by atoms with Crippen molar-refractivity contribution in [2.24, 2.45) is 0 Å². The summed E-state index contributed by atoms with van der Waals surface area (Å²) >= 11 is 7.60. The highest BCUT2D eigenvalue weighted by Gasteiger charge is 2.16. The Balaban J connectivity index is 2.10. The first-order valence-corrected chi connectivity index (χ1v) is 6.54. The van der Waals surface area contributed by atoms with E-state index in [1.807, 2.05) is 12.1 Å². The molecular formula is C12H13ClO2S. The van der Waals surface area contributed by atoms with Gasteiger partial charge in [0.05, 0.1) is 0 Å². The summed E-state index contributed by atoms with van der Waals surface area (Å²) in [6, 6.07) is 5.47.